The molecule has 0 saturated carbocycles. The molecule has 0 aliphatic heterocycles. The molecule has 0 aliphatic carbocycles. The summed E-state index contributed by atoms with van der Waals surface area (Å²) in [7, 11) is 0. The number of benzene rings is 2. The Hall–Kier alpha value is -3.00. The Bertz CT molecular complexity index is 1240. The maximum Gasteiger partial charge on any atom is 0.308 e. The van der Waals surface area contributed by atoms with Gasteiger partial charge in [-0.2, -0.15) is 0 Å². The summed E-state index contributed by atoms with van der Waals surface area (Å²) in [5.41, 5.74) is -0.476. The van der Waals surface area contributed by atoms with Crippen molar-refractivity contribution < 1.29 is 32.6 Å². The van der Waals surface area contributed by atoms with Crippen molar-refractivity contribution in [1.29, 1.82) is 0 Å². The van der Waals surface area contributed by atoms with E-state index in [0.717, 1.165) is 17.6 Å². The zero-order chi connectivity index (χ0) is 23.2. The molecule has 1 aromatic heterocycles. The van der Waals surface area contributed by atoms with Crippen molar-refractivity contribution in [3.63, 3.8) is 0 Å². The number of carbonyl (C=O) groups excluding carboxylic acids is 2. The second-order valence-corrected chi connectivity index (χ2v) is 7.61. The van der Waals surface area contributed by atoms with Crippen molar-refractivity contribution in [1.82, 2.24) is 4.57 Å². The molecule has 0 bridgehead atoms. The smallest absolute Gasteiger partial charge is 0.308 e. The lowest BCUT2D eigenvalue weighted by atomic mass is 9.94. The van der Waals surface area contributed by atoms with Gasteiger partial charge in [0.1, 0.15) is 5.82 Å². The Kier molecular flexibility index (Phi) is 6.04. The van der Waals surface area contributed by atoms with Crippen LogP contribution in [0.25, 0.3) is 10.9 Å². The van der Waals surface area contributed by atoms with Crippen LogP contribution in [-0.2, 0) is 4.79 Å². The number of fused-ring (bicyclic) bond motifs is 1. The van der Waals surface area contributed by atoms with Crippen molar-refractivity contribution >= 4 is 34.4 Å². The number of aromatic hydroxyl groups is 1. The number of hydrogen-bond acceptors (Lipinski definition) is 4. The highest BCUT2D eigenvalue weighted by Gasteiger charge is 2.33. The average Bonchev–Trinajstić information content (AvgIpc) is 2.99. The van der Waals surface area contributed by atoms with Crippen molar-refractivity contribution in [3.05, 3.63) is 57.5 Å². The third kappa shape index (κ3) is 3.65. The highest BCUT2D eigenvalue weighted by Crippen LogP contribution is 2.45. The maximum absolute atomic E-state index is 15.0. The van der Waals surface area contributed by atoms with E-state index in [9.17, 15) is 23.5 Å². The molecule has 0 saturated heterocycles. The number of phenolic OH excluding ortho intramolecular Hbond substituents is 1. The summed E-state index contributed by atoms with van der Waals surface area (Å²) in [6.07, 6.45) is 0.397. The van der Waals surface area contributed by atoms with E-state index in [1.165, 1.54) is 19.1 Å². The van der Waals surface area contributed by atoms with Crippen LogP contribution in [0, 0.1) is 24.4 Å². The number of hydrogen-bond donors (Lipinski definition) is 1. The summed E-state index contributed by atoms with van der Waals surface area (Å²) in [5.74, 6) is -7.16. The third-order valence-electron chi connectivity index (χ3n) is 5.20. The molecule has 3 aromatic rings. The van der Waals surface area contributed by atoms with Gasteiger partial charge in [0.05, 0.1) is 21.6 Å². The number of ether oxygens (including phenoxy) is 1. The molecule has 0 fully saturated rings. The van der Waals surface area contributed by atoms with E-state index in [1.807, 2.05) is 0 Å². The molecule has 0 aliphatic rings. The second-order valence-electron chi connectivity index (χ2n) is 7.20. The fourth-order valence-corrected chi connectivity index (χ4v) is 3.63. The lowest BCUT2D eigenvalue weighted by Crippen LogP contribution is -2.16. The largest absolute Gasteiger partial charge is 0.503 e. The summed E-state index contributed by atoms with van der Waals surface area (Å²) < 4.78 is 50.1. The predicted molar refractivity (Wildman–Crippen MR) is 109 cm³/mol. The van der Waals surface area contributed by atoms with Crippen LogP contribution in [0.2, 0.25) is 5.02 Å². The average molecular weight is 454 g/mol. The summed E-state index contributed by atoms with van der Waals surface area (Å²) in [4.78, 5) is 25.0. The molecule has 0 amide bonds. The molecule has 1 N–H and O–H groups in total. The van der Waals surface area contributed by atoms with E-state index in [2.05, 4.69) is 0 Å². The third-order valence-corrected chi connectivity index (χ3v) is 5.51. The first-order chi connectivity index (χ1) is 14.5. The topological polar surface area (TPSA) is 68.5 Å². The molecule has 0 spiro atoms. The lowest BCUT2D eigenvalue weighted by molar-refractivity contribution is -0.131. The van der Waals surface area contributed by atoms with Crippen LogP contribution in [0.15, 0.2) is 18.2 Å². The highest BCUT2D eigenvalue weighted by atomic mass is 35.5. The molecule has 2 aromatic carbocycles. The fraction of sp³-hybridized carbons (Fsp3) is 0.273. The van der Waals surface area contributed by atoms with Gasteiger partial charge in [0.15, 0.2) is 23.1 Å². The zero-order valence-electron chi connectivity index (χ0n) is 17.1. The van der Waals surface area contributed by atoms with Crippen molar-refractivity contribution in [3.8, 4) is 11.5 Å². The van der Waals surface area contributed by atoms with E-state index in [-0.39, 0.29) is 33.1 Å². The Labute approximate surface area is 181 Å². The lowest BCUT2D eigenvalue weighted by Gasteiger charge is -2.16. The van der Waals surface area contributed by atoms with E-state index in [1.54, 1.807) is 13.8 Å². The van der Waals surface area contributed by atoms with Gasteiger partial charge in [-0.3, -0.25) is 14.2 Å². The highest BCUT2D eigenvalue weighted by molar-refractivity contribution is 6.30. The molecule has 1 atom stereocenters. The van der Waals surface area contributed by atoms with Crippen LogP contribution in [0.4, 0.5) is 13.2 Å². The van der Waals surface area contributed by atoms with E-state index in [4.69, 9.17) is 16.3 Å². The molecular formula is C22H19ClF3NO4. The summed E-state index contributed by atoms with van der Waals surface area (Å²) in [5, 5.41) is 9.45. The standard InChI is InChI=1S/C22H19ClF3NO4/c1-5-9(2)15-17(25)20(29)18(26)16-19(15)27(10(3)21(16)31-11(4)28)22(30)12-6-7-13(23)14(24)8-12/h6-9,29H,5H2,1-4H3/t9-/m1/s1. The van der Waals surface area contributed by atoms with Crippen LogP contribution < -0.4 is 4.74 Å². The normalized spacial score (nSPS) is 12.3. The first kappa shape index (κ1) is 22.7. The van der Waals surface area contributed by atoms with Gasteiger partial charge < -0.3 is 9.84 Å². The molecule has 5 nitrogen and oxygen atoms in total. The van der Waals surface area contributed by atoms with Crippen LogP contribution in [0.1, 0.15) is 54.7 Å². The zero-order valence-corrected chi connectivity index (χ0v) is 17.9. The quantitative estimate of drug-likeness (QED) is 0.503. The molecule has 164 valence electrons. The van der Waals surface area contributed by atoms with Crippen LogP contribution in [0.3, 0.4) is 0 Å². The van der Waals surface area contributed by atoms with Gasteiger partial charge in [-0.15, -0.1) is 0 Å². The monoisotopic (exact) mass is 453 g/mol. The van der Waals surface area contributed by atoms with E-state index in [0.29, 0.717) is 6.42 Å². The fourth-order valence-electron chi connectivity index (χ4n) is 3.51. The van der Waals surface area contributed by atoms with Crippen molar-refractivity contribution in [2.45, 2.75) is 40.0 Å². The second kappa shape index (κ2) is 8.26. The molecule has 3 rings (SSSR count). The van der Waals surface area contributed by atoms with Crippen LogP contribution >= 0.6 is 11.6 Å². The Morgan fingerprint density at radius 2 is 1.87 bits per heavy atom. The number of esters is 1. The number of rotatable bonds is 4. The van der Waals surface area contributed by atoms with Gasteiger partial charge in [-0.05, 0) is 37.5 Å². The van der Waals surface area contributed by atoms with E-state index < -0.39 is 46.4 Å². The van der Waals surface area contributed by atoms with Gasteiger partial charge in [0.2, 0.25) is 0 Å². The maximum atomic E-state index is 15.0. The first-order valence-corrected chi connectivity index (χ1v) is 9.81. The number of carbonyl (C=O) groups is 2. The Morgan fingerprint density at radius 3 is 2.42 bits per heavy atom. The number of phenols is 1. The molecule has 31 heavy (non-hydrogen) atoms. The van der Waals surface area contributed by atoms with Crippen LogP contribution in [0.5, 0.6) is 11.5 Å². The number of aromatic nitrogens is 1. The van der Waals surface area contributed by atoms with Gasteiger partial charge >= 0.3 is 5.97 Å². The summed E-state index contributed by atoms with van der Waals surface area (Å²) >= 11 is 5.69. The number of nitrogens with zero attached hydrogens (tertiary/aromatic N) is 1. The van der Waals surface area contributed by atoms with Gasteiger partial charge in [-0.1, -0.05) is 25.4 Å². The summed E-state index contributed by atoms with van der Waals surface area (Å²) in [6.45, 7) is 5.84. The van der Waals surface area contributed by atoms with Gasteiger partial charge in [0, 0.05) is 18.1 Å². The van der Waals surface area contributed by atoms with Gasteiger partial charge in [0.25, 0.3) is 5.91 Å². The first-order valence-electron chi connectivity index (χ1n) is 9.44. The van der Waals surface area contributed by atoms with Crippen LogP contribution in [-0.4, -0.2) is 21.6 Å². The SMILES string of the molecule is CC[C@@H](C)c1c(F)c(O)c(F)c2c(OC(C)=O)c(C)n(C(=O)c3ccc(Cl)c(F)c3)c12. The molecule has 1 heterocycles. The molecular weight excluding hydrogens is 435 g/mol. The van der Waals surface area contributed by atoms with Crippen molar-refractivity contribution in [2.24, 2.45) is 0 Å². The molecule has 9 heteroatoms. The minimum atomic E-state index is -1.37. The Morgan fingerprint density at radius 1 is 1.23 bits per heavy atom. The Balaban J connectivity index is 2.50. The van der Waals surface area contributed by atoms with E-state index >= 15 is 4.39 Å². The minimum absolute atomic E-state index is 0.0148. The minimum Gasteiger partial charge on any atom is -0.503 e. The van der Waals surface area contributed by atoms with Crippen molar-refractivity contribution in [2.75, 3.05) is 0 Å². The molecule has 0 unspecified atom stereocenters. The molecule has 0 radical (unpaired) electrons. The number of halogens is 4. The predicted octanol–water partition coefficient (Wildman–Crippen LogP) is 5.85. The van der Waals surface area contributed by atoms with Gasteiger partial charge in [-0.25, -0.2) is 13.2 Å². The summed E-state index contributed by atoms with van der Waals surface area (Å²) in [6, 6.07) is 3.35.